The van der Waals surface area contributed by atoms with Crippen LogP contribution in [0.3, 0.4) is 0 Å². The summed E-state index contributed by atoms with van der Waals surface area (Å²) >= 11 is 0. The van der Waals surface area contributed by atoms with Gasteiger partial charge in [-0.15, -0.1) is 0 Å². The molecule has 4 nitrogen and oxygen atoms in total. The average Bonchev–Trinajstić information content (AvgIpc) is 3.10. The first kappa shape index (κ1) is 11.8. The summed E-state index contributed by atoms with van der Waals surface area (Å²) < 4.78 is 0. The zero-order valence-corrected chi connectivity index (χ0v) is 10.2. The second kappa shape index (κ2) is 4.28. The normalized spacial score (nSPS) is 16.6. The Bertz CT molecular complexity index is 441. The number of carbonyl (C=O) groups is 1. The highest BCUT2D eigenvalue weighted by molar-refractivity contribution is 5.95. The van der Waals surface area contributed by atoms with Gasteiger partial charge in [-0.25, -0.2) is 4.79 Å². The molecule has 1 aromatic carbocycles. The number of rotatable bonds is 4. The quantitative estimate of drug-likeness (QED) is 0.784. The molecule has 1 atom stereocenters. The fourth-order valence-corrected chi connectivity index (χ4v) is 2.14. The zero-order valence-electron chi connectivity index (χ0n) is 10.2. The fourth-order valence-electron chi connectivity index (χ4n) is 2.14. The maximum atomic E-state index is 11.2. The Hall–Kier alpha value is -1.71. The molecule has 92 valence electrons. The van der Waals surface area contributed by atoms with Crippen LogP contribution in [0.5, 0.6) is 0 Å². The van der Waals surface area contributed by atoms with Gasteiger partial charge < -0.3 is 15.7 Å². The van der Waals surface area contributed by atoms with Crippen LogP contribution in [0, 0.1) is 5.92 Å². The lowest BCUT2D eigenvalue weighted by molar-refractivity contribution is 0.0697. The topological polar surface area (TPSA) is 66.6 Å². The predicted octanol–water partition coefficient (Wildman–Crippen LogP) is 2.20. The van der Waals surface area contributed by atoms with Crippen molar-refractivity contribution in [1.82, 2.24) is 0 Å². The smallest absolute Gasteiger partial charge is 0.337 e. The average molecular weight is 234 g/mol. The summed E-state index contributed by atoms with van der Waals surface area (Å²) in [5.74, 6) is -0.224. The highest BCUT2D eigenvalue weighted by Gasteiger charge is 2.31. The number of carboxylic acids is 1. The van der Waals surface area contributed by atoms with Crippen LogP contribution in [0.4, 0.5) is 11.4 Å². The molecular formula is C13H18N2O2. The van der Waals surface area contributed by atoms with E-state index in [9.17, 15) is 9.90 Å². The first-order valence-electron chi connectivity index (χ1n) is 5.86. The minimum absolute atomic E-state index is 0.314. The number of anilines is 2. The van der Waals surface area contributed by atoms with Crippen LogP contribution in [0.25, 0.3) is 0 Å². The van der Waals surface area contributed by atoms with E-state index in [1.807, 2.05) is 11.9 Å². The first-order chi connectivity index (χ1) is 8.00. The SMILES string of the molecule is CC(C1CC1)N(C)c1cc(N)ccc1C(=O)O. The molecule has 1 saturated carbocycles. The number of hydrogen-bond acceptors (Lipinski definition) is 3. The fraction of sp³-hybridized carbons (Fsp3) is 0.462. The summed E-state index contributed by atoms with van der Waals surface area (Å²) in [5, 5.41) is 9.17. The van der Waals surface area contributed by atoms with Gasteiger partial charge in [0, 0.05) is 18.8 Å². The van der Waals surface area contributed by atoms with Gasteiger partial charge in [0.15, 0.2) is 0 Å². The second-order valence-corrected chi connectivity index (χ2v) is 4.77. The van der Waals surface area contributed by atoms with Gasteiger partial charge in [0.1, 0.15) is 0 Å². The van der Waals surface area contributed by atoms with Gasteiger partial charge in [-0.05, 0) is 43.9 Å². The first-order valence-corrected chi connectivity index (χ1v) is 5.86. The van der Waals surface area contributed by atoms with Crippen molar-refractivity contribution in [1.29, 1.82) is 0 Å². The second-order valence-electron chi connectivity index (χ2n) is 4.77. The van der Waals surface area contributed by atoms with Crippen molar-refractivity contribution < 1.29 is 9.90 Å². The van der Waals surface area contributed by atoms with Gasteiger partial charge in [-0.2, -0.15) is 0 Å². The lowest BCUT2D eigenvalue weighted by Gasteiger charge is -2.28. The number of aromatic carboxylic acids is 1. The zero-order chi connectivity index (χ0) is 12.6. The lowest BCUT2D eigenvalue weighted by atomic mass is 10.1. The van der Waals surface area contributed by atoms with Gasteiger partial charge in [-0.1, -0.05) is 0 Å². The Morgan fingerprint density at radius 1 is 1.53 bits per heavy atom. The van der Waals surface area contributed by atoms with Crippen LogP contribution < -0.4 is 10.6 Å². The van der Waals surface area contributed by atoms with E-state index in [0.717, 1.165) is 0 Å². The Kier molecular flexibility index (Phi) is 2.96. The highest BCUT2D eigenvalue weighted by Crippen LogP contribution is 2.37. The van der Waals surface area contributed by atoms with Crippen LogP contribution >= 0.6 is 0 Å². The molecular weight excluding hydrogens is 216 g/mol. The molecule has 0 amide bonds. The molecule has 0 radical (unpaired) electrons. The molecule has 0 heterocycles. The molecule has 0 aliphatic heterocycles. The van der Waals surface area contributed by atoms with Gasteiger partial charge in [0.05, 0.1) is 11.3 Å². The van der Waals surface area contributed by atoms with Crippen molar-refractivity contribution in [3.63, 3.8) is 0 Å². The van der Waals surface area contributed by atoms with Crippen molar-refractivity contribution in [3.05, 3.63) is 23.8 Å². The molecule has 1 aliphatic carbocycles. The predicted molar refractivity (Wildman–Crippen MR) is 68.4 cm³/mol. The molecule has 17 heavy (non-hydrogen) atoms. The van der Waals surface area contributed by atoms with Crippen molar-refractivity contribution in [2.45, 2.75) is 25.8 Å². The molecule has 1 aromatic rings. The summed E-state index contributed by atoms with van der Waals surface area (Å²) in [6.45, 7) is 2.13. The van der Waals surface area contributed by atoms with Gasteiger partial charge >= 0.3 is 5.97 Å². The van der Waals surface area contributed by atoms with E-state index in [4.69, 9.17) is 5.73 Å². The summed E-state index contributed by atoms with van der Waals surface area (Å²) in [6.07, 6.45) is 2.46. The summed E-state index contributed by atoms with van der Waals surface area (Å²) in [7, 11) is 1.93. The van der Waals surface area contributed by atoms with E-state index in [0.29, 0.717) is 28.9 Å². The van der Waals surface area contributed by atoms with Gasteiger partial charge in [-0.3, -0.25) is 0 Å². The number of hydrogen-bond donors (Lipinski definition) is 2. The van der Waals surface area contributed by atoms with Gasteiger partial charge in [0.2, 0.25) is 0 Å². The van der Waals surface area contributed by atoms with E-state index < -0.39 is 5.97 Å². The minimum Gasteiger partial charge on any atom is -0.478 e. The molecule has 3 N–H and O–H groups in total. The van der Waals surface area contributed by atoms with Crippen LogP contribution in [0.1, 0.15) is 30.1 Å². The van der Waals surface area contributed by atoms with Gasteiger partial charge in [0.25, 0.3) is 0 Å². The van der Waals surface area contributed by atoms with E-state index in [1.165, 1.54) is 12.8 Å². The molecule has 1 fully saturated rings. The number of nitrogen functional groups attached to an aromatic ring is 1. The standard InChI is InChI=1S/C13H18N2O2/c1-8(9-3-4-9)15(2)12-7-10(14)5-6-11(12)13(16)17/h5-9H,3-4,14H2,1-2H3,(H,16,17). The molecule has 0 spiro atoms. The van der Waals surface area contributed by atoms with E-state index >= 15 is 0 Å². The van der Waals surface area contributed by atoms with Crippen molar-refractivity contribution in [2.24, 2.45) is 5.92 Å². The van der Waals surface area contributed by atoms with Crippen LogP contribution in [-0.2, 0) is 0 Å². The molecule has 4 heteroatoms. The molecule has 0 aromatic heterocycles. The van der Waals surface area contributed by atoms with E-state index in [2.05, 4.69) is 6.92 Å². The third kappa shape index (κ3) is 2.35. The Balaban J connectivity index is 2.34. The van der Waals surface area contributed by atoms with Crippen molar-refractivity contribution in [2.75, 3.05) is 17.7 Å². The van der Waals surface area contributed by atoms with E-state index in [1.54, 1.807) is 18.2 Å². The number of benzene rings is 1. The Labute approximate surface area is 101 Å². The lowest BCUT2D eigenvalue weighted by Crippen LogP contribution is -2.31. The highest BCUT2D eigenvalue weighted by atomic mass is 16.4. The maximum Gasteiger partial charge on any atom is 0.337 e. The van der Waals surface area contributed by atoms with E-state index in [-0.39, 0.29) is 0 Å². The van der Waals surface area contributed by atoms with Crippen LogP contribution in [-0.4, -0.2) is 24.2 Å². The molecule has 0 bridgehead atoms. The maximum absolute atomic E-state index is 11.2. The number of nitrogens with zero attached hydrogens (tertiary/aromatic N) is 1. The van der Waals surface area contributed by atoms with Crippen molar-refractivity contribution >= 4 is 17.3 Å². The number of carboxylic acid groups (broad SMARTS) is 1. The molecule has 2 rings (SSSR count). The molecule has 1 aliphatic rings. The molecule has 1 unspecified atom stereocenters. The third-order valence-electron chi connectivity index (χ3n) is 3.55. The summed E-state index contributed by atoms with van der Waals surface area (Å²) in [5.41, 5.74) is 7.35. The summed E-state index contributed by atoms with van der Waals surface area (Å²) in [6, 6.07) is 5.29. The third-order valence-corrected chi connectivity index (χ3v) is 3.55. The largest absolute Gasteiger partial charge is 0.478 e. The Morgan fingerprint density at radius 2 is 2.18 bits per heavy atom. The summed E-state index contributed by atoms with van der Waals surface area (Å²) in [4.78, 5) is 13.2. The van der Waals surface area contributed by atoms with Crippen LogP contribution in [0.15, 0.2) is 18.2 Å². The number of nitrogens with two attached hydrogens (primary N) is 1. The van der Waals surface area contributed by atoms with Crippen LogP contribution in [0.2, 0.25) is 0 Å². The van der Waals surface area contributed by atoms with Crippen molar-refractivity contribution in [3.8, 4) is 0 Å². The molecule has 0 saturated heterocycles. The minimum atomic E-state index is -0.908. The Morgan fingerprint density at radius 3 is 2.71 bits per heavy atom. The monoisotopic (exact) mass is 234 g/mol.